The summed E-state index contributed by atoms with van der Waals surface area (Å²) < 4.78 is 12.4. The zero-order valence-corrected chi connectivity index (χ0v) is 21.6. The van der Waals surface area contributed by atoms with Crippen molar-refractivity contribution in [3.63, 3.8) is 0 Å². The lowest BCUT2D eigenvalue weighted by atomic mass is 10.0. The van der Waals surface area contributed by atoms with Gasteiger partial charge in [0.15, 0.2) is 0 Å². The lowest BCUT2D eigenvalue weighted by Crippen LogP contribution is -2.04. The molecule has 0 aliphatic carbocycles. The first-order valence-electron chi connectivity index (χ1n) is 12.7. The van der Waals surface area contributed by atoms with Crippen molar-refractivity contribution in [3.05, 3.63) is 58.7 Å². The molecule has 0 aliphatic rings. The second-order valence-electron chi connectivity index (χ2n) is 8.65. The van der Waals surface area contributed by atoms with Gasteiger partial charge in [-0.1, -0.05) is 89.8 Å². The molecule has 0 heterocycles. The predicted molar refractivity (Wildman–Crippen MR) is 138 cm³/mol. The summed E-state index contributed by atoms with van der Waals surface area (Å²) >= 11 is 0. The van der Waals surface area contributed by atoms with E-state index in [0.717, 1.165) is 88.5 Å². The first kappa shape index (κ1) is 26.7. The van der Waals surface area contributed by atoms with E-state index in [0.29, 0.717) is 0 Å². The molecular weight excluding hydrogens is 415 g/mol. The van der Waals surface area contributed by atoms with Crippen LogP contribution in [0.15, 0.2) is 36.4 Å². The van der Waals surface area contributed by atoms with E-state index < -0.39 is 8.60 Å². The van der Waals surface area contributed by atoms with Gasteiger partial charge in [0.05, 0.1) is 0 Å². The van der Waals surface area contributed by atoms with E-state index in [1.165, 1.54) is 22.3 Å². The number of unbranched alkanes of at least 4 members (excludes halogenated alkanes) is 4. The third kappa shape index (κ3) is 8.41. The van der Waals surface area contributed by atoms with Crippen molar-refractivity contribution in [1.29, 1.82) is 0 Å². The average Bonchev–Trinajstić information content (AvgIpc) is 2.80. The highest BCUT2D eigenvalue weighted by Gasteiger charge is 2.20. The van der Waals surface area contributed by atoms with Gasteiger partial charge in [0.1, 0.15) is 11.5 Å². The molecule has 4 heteroatoms. The maximum absolute atomic E-state index is 11.0. The molecule has 0 aromatic heterocycles. The first-order chi connectivity index (χ1) is 15.6. The molecule has 2 rings (SSSR count). The third-order valence-corrected chi connectivity index (χ3v) is 6.57. The first-order valence-corrected chi connectivity index (χ1v) is 13.8. The molecular formula is C28H43O3P. The number of hydrogen-bond acceptors (Lipinski definition) is 3. The Morgan fingerprint density at radius 2 is 0.844 bits per heavy atom. The van der Waals surface area contributed by atoms with Gasteiger partial charge in [-0.3, -0.25) is 0 Å². The van der Waals surface area contributed by atoms with Crippen LogP contribution in [0.5, 0.6) is 11.5 Å². The molecule has 0 bridgehead atoms. The van der Waals surface area contributed by atoms with E-state index in [4.69, 9.17) is 9.05 Å². The van der Waals surface area contributed by atoms with Crippen LogP contribution in [-0.4, -0.2) is 4.89 Å². The highest BCUT2D eigenvalue weighted by molar-refractivity contribution is 7.41. The van der Waals surface area contributed by atoms with E-state index >= 15 is 0 Å². The Hall–Kier alpha value is -1.57. The monoisotopic (exact) mass is 458 g/mol. The largest absolute Gasteiger partial charge is 0.460 e. The Morgan fingerprint density at radius 3 is 1.09 bits per heavy atom. The molecule has 0 atom stereocenters. The fourth-order valence-electron chi connectivity index (χ4n) is 3.94. The Bertz CT molecular complexity index is 672. The number of hydrogen-bond donors (Lipinski definition) is 1. The summed E-state index contributed by atoms with van der Waals surface area (Å²) in [5, 5.41) is 0. The van der Waals surface area contributed by atoms with Crippen LogP contribution in [0.4, 0.5) is 0 Å². The van der Waals surface area contributed by atoms with Crippen LogP contribution < -0.4 is 9.05 Å². The predicted octanol–water partition coefficient (Wildman–Crippen LogP) is 8.73. The third-order valence-electron chi connectivity index (χ3n) is 5.89. The van der Waals surface area contributed by atoms with Crippen LogP contribution >= 0.6 is 8.60 Å². The number of aryl methyl sites for hydroxylation is 4. The normalized spacial score (nSPS) is 11.2. The molecule has 0 saturated carbocycles. The average molecular weight is 459 g/mol. The summed E-state index contributed by atoms with van der Waals surface area (Å²) in [6, 6.07) is 12.8. The second kappa shape index (κ2) is 15.3. The molecule has 0 aliphatic heterocycles. The van der Waals surface area contributed by atoms with Crippen molar-refractivity contribution in [1.82, 2.24) is 0 Å². The van der Waals surface area contributed by atoms with Crippen molar-refractivity contribution >= 4 is 8.60 Å². The molecule has 1 N–H and O–H groups in total. The van der Waals surface area contributed by atoms with Gasteiger partial charge >= 0.3 is 8.60 Å². The minimum atomic E-state index is -2.06. The van der Waals surface area contributed by atoms with Gasteiger partial charge in [-0.05, 0) is 73.6 Å². The van der Waals surface area contributed by atoms with E-state index in [9.17, 15) is 4.89 Å². The summed E-state index contributed by atoms with van der Waals surface area (Å²) in [4.78, 5) is 11.0. The smallest absolute Gasteiger partial charge is 0.417 e. The Balaban J connectivity index is 2.28. The SMILES string of the molecule is CCCCc1cccc(CCCC)c1OP(O)Oc1c(CCCC)cccc1CCCC. The van der Waals surface area contributed by atoms with Crippen molar-refractivity contribution in [2.24, 2.45) is 0 Å². The fourth-order valence-corrected chi connectivity index (χ4v) is 4.76. The van der Waals surface area contributed by atoms with Crippen LogP contribution in [0.3, 0.4) is 0 Å². The Labute approximate surface area is 197 Å². The van der Waals surface area contributed by atoms with Gasteiger partial charge in [0.25, 0.3) is 0 Å². The Kier molecular flexibility index (Phi) is 12.8. The van der Waals surface area contributed by atoms with Crippen molar-refractivity contribution < 1.29 is 13.9 Å². The standard InChI is InChI=1S/C28H43O3P/c1-5-9-15-23-19-13-20-24(16-10-6-2)27(23)30-32(29)31-28-25(17-11-7-3)21-14-22-26(28)18-12-8-4/h13-14,19-22,29H,5-12,15-18H2,1-4H3. The molecule has 0 amide bonds. The number of rotatable bonds is 16. The molecule has 0 saturated heterocycles. The van der Waals surface area contributed by atoms with Crippen LogP contribution in [-0.2, 0) is 25.7 Å². The molecule has 0 unspecified atom stereocenters. The van der Waals surface area contributed by atoms with Gasteiger partial charge in [0.2, 0.25) is 0 Å². The molecule has 178 valence electrons. The van der Waals surface area contributed by atoms with E-state index in [-0.39, 0.29) is 0 Å². The lowest BCUT2D eigenvalue weighted by molar-refractivity contribution is 0.374. The highest BCUT2D eigenvalue weighted by Crippen LogP contribution is 2.43. The molecule has 0 spiro atoms. The minimum Gasteiger partial charge on any atom is -0.417 e. The number of para-hydroxylation sites is 2. The molecule has 0 radical (unpaired) electrons. The topological polar surface area (TPSA) is 38.7 Å². The van der Waals surface area contributed by atoms with Crippen LogP contribution in [0.2, 0.25) is 0 Å². The van der Waals surface area contributed by atoms with Crippen LogP contribution in [0.1, 0.15) is 101 Å². The quantitative estimate of drug-likeness (QED) is 0.256. The lowest BCUT2D eigenvalue weighted by Gasteiger charge is -2.21. The maximum atomic E-state index is 11.0. The van der Waals surface area contributed by atoms with Crippen molar-refractivity contribution in [2.45, 2.75) is 105 Å². The zero-order chi connectivity index (χ0) is 23.2. The summed E-state index contributed by atoms with van der Waals surface area (Å²) in [6.45, 7) is 8.81. The van der Waals surface area contributed by atoms with Gasteiger partial charge in [-0.15, -0.1) is 0 Å². The van der Waals surface area contributed by atoms with E-state index in [2.05, 4.69) is 64.1 Å². The van der Waals surface area contributed by atoms with Crippen molar-refractivity contribution in [2.75, 3.05) is 0 Å². The van der Waals surface area contributed by atoms with Gasteiger partial charge in [-0.2, -0.15) is 0 Å². The second-order valence-corrected chi connectivity index (χ2v) is 9.49. The molecule has 0 fully saturated rings. The molecule has 3 nitrogen and oxygen atoms in total. The van der Waals surface area contributed by atoms with Gasteiger partial charge < -0.3 is 13.9 Å². The molecule has 2 aromatic carbocycles. The van der Waals surface area contributed by atoms with Crippen LogP contribution in [0.25, 0.3) is 0 Å². The summed E-state index contributed by atoms with van der Waals surface area (Å²) in [6.07, 6.45) is 12.8. The van der Waals surface area contributed by atoms with Crippen molar-refractivity contribution in [3.8, 4) is 11.5 Å². The van der Waals surface area contributed by atoms with E-state index in [1.807, 2.05) is 0 Å². The van der Waals surface area contributed by atoms with E-state index in [1.54, 1.807) is 0 Å². The van der Waals surface area contributed by atoms with Gasteiger partial charge in [-0.25, -0.2) is 0 Å². The molecule has 2 aromatic rings. The summed E-state index contributed by atoms with van der Waals surface area (Å²) in [5.41, 5.74) is 4.71. The fraction of sp³-hybridized carbons (Fsp3) is 0.571. The summed E-state index contributed by atoms with van der Waals surface area (Å²) in [7, 11) is -2.06. The van der Waals surface area contributed by atoms with Crippen LogP contribution in [0, 0.1) is 0 Å². The zero-order valence-electron chi connectivity index (χ0n) is 20.7. The van der Waals surface area contributed by atoms with Gasteiger partial charge in [0, 0.05) is 0 Å². The molecule has 32 heavy (non-hydrogen) atoms. The maximum Gasteiger partial charge on any atom is 0.460 e. The minimum absolute atomic E-state index is 0.837. The summed E-state index contributed by atoms with van der Waals surface area (Å²) in [5.74, 6) is 1.67. The Morgan fingerprint density at radius 1 is 0.562 bits per heavy atom. The highest BCUT2D eigenvalue weighted by atomic mass is 31.2. The number of benzene rings is 2.